The first-order valence-electron chi connectivity index (χ1n) is 5.88. The Balaban J connectivity index is 1.88. The number of ether oxygens (including phenoxy) is 1. The van der Waals surface area contributed by atoms with Crippen molar-refractivity contribution in [3.63, 3.8) is 0 Å². The largest absolute Gasteiger partial charge is 0.462 e. The maximum Gasteiger partial charge on any atom is 0.338 e. The summed E-state index contributed by atoms with van der Waals surface area (Å²) in [4.78, 5) is 26.9. The molecule has 104 valence electrons. The fourth-order valence-electron chi connectivity index (χ4n) is 1.61. The van der Waals surface area contributed by atoms with Crippen LogP contribution < -0.4 is 0 Å². The number of hydrogen-bond acceptors (Lipinski definition) is 6. The van der Waals surface area contributed by atoms with E-state index < -0.39 is 10.9 Å². The monoisotopic (exact) mass is 292 g/mol. The first-order chi connectivity index (χ1) is 9.58. The van der Waals surface area contributed by atoms with Gasteiger partial charge in [0.15, 0.2) is 0 Å². The van der Waals surface area contributed by atoms with Gasteiger partial charge in [-0.3, -0.25) is 10.1 Å². The molecule has 2 rings (SSSR count). The number of benzene rings is 1. The highest BCUT2D eigenvalue weighted by atomic mass is 32.1. The number of hydrogen-bond donors (Lipinski definition) is 0. The van der Waals surface area contributed by atoms with E-state index in [1.165, 1.54) is 35.6 Å². The molecule has 0 aliphatic heterocycles. The summed E-state index contributed by atoms with van der Waals surface area (Å²) in [5.41, 5.74) is 2.95. The zero-order valence-corrected chi connectivity index (χ0v) is 11.6. The van der Waals surface area contributed by atoms with Crippen LogP contribution >= 0.6 is 11.3 Å². The Morgan fingerprint density at radius 1 is 1.40 bits per heavy atom. The Morgan fingerprint density at radius 2 is 2.10 bits per heavy atom. The zero-order valence-electron chi connectivity index (χ0n) is 10.7. The second-order valence-electron chi connectivity index (χ2n) is 4.05. The lowest BCUT2D eigenvalue weighted by Crippen LogP contribution is -2.08. The molecule has 0 amide bonds. The van der Waals surface area contributed by atoms with Gasteiger partial charge < -0.3 is 4.74 Å². The van der Waals surface area contributed by atoms with Crippen LogP contribution in [0.5, 0.6) is 0 Å². The predicted molar refractivity (Wildman–Crippen MR) is 73.9 cm³/mol. The minimum atomic E-state index is -0.512. The van der Waals surface area contributed by atoms with Gasteiger partial charge in [0.25, 0.3) is 5.69 Å². The van der Waals surface area contributed by atoms with Gasteiger partial charge in [-0.2, -0.15) is 0 Å². The van der Waals surface area contributed by atoms with E-state index in [9.17, 15) is 14.9 Å². The summed E-state index contributed by atoms with van der Waals surface area (Å²) in [5.74, 6) is -0.484. The second-order valence-corrected chi connectivity index (χ2v) is 4.99. The molecule has 0 radical (unpaired) electrons. The summed E-state index contributed by atoms with van der Waals surface area (Å²) in [5, 5.41) is 10.5. The van der Waals surface area contributed by atoms with E-state index in [4.69, 9.17) is 4.74 Å². The molecule has 0 aliphatic rings. The van der Waals surface area contributed by atoms with Gasteiger partial charge in [-0.05, 0) is 19.1 Å². The van der Waals surface area contributed by atoms with Crippen LogP contribution in [0.4, 0.5) is 5.69 Å². The van der Waals surface area contributed by atoms with Crippen LogP contribution in [0, 0.1) is 17.0 Å². The minimum absolute atomic E-state index is 0.0539. The lowest BCUT2D eigenvalue weighted by atomic mass is 10.2. The zero-order chi connectivity index (χ0) is 14.5. The number of aryl methyl sites for hydroxylation is 1. The van der Waals surface area contributed by atoms with Crippen molar-refractivity contribution >= 4 is 23.0 Å². The van der Waals surface area contributed by atoms with Crippen molar-refractivity contribution in [3.05, 3.63) is 56.0 Å². The van der Waals surface area contributed by atoms with Crippen molar-refractivity contribution in [2.24, 2.45) is 0 Å². The third kappa shape index (κ3) is 3.39. The van der Waals surface area contributed by atoms with E-state index in [2.05, 4.69) is 4.98 Å². The summed E-state index contributed by atoms with van der Waals surface area (Å²) in [6, 6.07) is 5.34. The molecule has 0 saturated heterocycles. The van der Waals surface area contributed by atoms with Gasteiger partial charge in [0, 0.05) is 23.4 Å². The molecule has 0 unspecified atom stereocenters. The van der Waals surface area contributed by atoms with Crippen molar-refractivity contribution in [3.8, 4) is 0 Å². The quantitative estimate of drug-likeness (QED) is 0.481. The van der Waals surface area contributed by atoms with Crippen molar-refractivity contribution in [1.29, 1.82) is 0 Å². The Labute approximate surface area is 119 Å². The average Bonchev–Trinajstić information content (AvgIpc) is 2.84. The third-order valence-corrected chi connectivity index (χ3v) is 3.72. The standard InChI is InChI=1S/C13H12N2O4S/c1-9-12(20-8-14-9)6-7-19-13(16)10-2-4-11(5-3-10)15(17)18/h2-5,8H,6-7H2,1H3. The molecule has 2 aromatic rings. The number of esters is 1. The fourth-order valence-corrected chi connectivity index (χ4v) is 2.37. The molecule has 1 heterocycles. The van der Waals surface area contributed by atoms with Crippen molar-refractivity contribution < 1.29 is 14.5 Å². The van der Waals surface area contributed by atoms with E-state index in [0.717, 1.165) is 10.6 Å². The highest BCUT2D eigenvalue weighted by Gasteiger charge is 2.11. The molecular formula is C13H12N2O4S. The smallest absolute Gasteiger partial charge is 0.338 e. The van der Waals surface area contributed by atoms with Gasteiger partial charge >= 0.3 is 5.97 Å². The highest BCUT2D eigenvalue weighted by Crippen LogP contribution is 2.14. The number of thiazole rings is 1. The van der Waals surface area contributed by atoms with E-state index in [0.29, 0.717) is 12.0 Å². The summed E-state index contributed by atoms with van der Waals surface area (Å²) < 4.78 is 5.13. The van der Waals surface area contributed by atoms with Crippen LogP contribution in [0.3, 0.4) is 0 Å². The molecule has 0 N–H and O–H groups in total. The SMILES string of the molecule is Cc1ncsc1CCOC(=O)c1ccc([N+](=O)[O-])cc1. The van der Waals surface area contributed by atoms with Gasteiger partial charge in [-0.15, -0.1) is 11.3 Å². The Hall–Kier alpha value is -2.28. The van der Waals surface area contributed by atoms with Gasteiger partial charge in [-0.1, -0.05) is 0 Å². The molecule has 1 aromatic heterocycles. The first-order valence-corrected chi connectivity index (χ1v) is 6.76. The molecule has 0 saturated carbocycles. The van der Waals surface area contributed by atoms with Crippen LogP contribution in [-0.2, 0) is 11.2 Å². The van der Waals surface area contributed by atoms with Crippen LogP contribution in [0.1, 0.15) is 20.9 Å². The normalized spacial score (nSPS) is 10.2. The van der Waals surface area contributed by atoms with Gasteiger partial charge in [0.1, 0.15) is 0 Å². The van der Waals surface area contributed by atoms with Crippen molar-refractivity contribution in [2.75, 3.05) is 6.61 Å². The Morgan fingerprint density at radius 3 is 2.65 bits per heavy atom. The maximum absolute atomic E-state index is 11.7. The lowest BCUT2D eigenvalue weighted by Gasteiger charge is -2.04. The summed E-state index contributed by atoms with van der Waals surface area (Å²) in [7, 11) is 0. The van der Waals surface area contributed by atoms with Gasteiger partial charge in [-0.25, -0.2) is 9.78 Å². The Bertz CT molecular complexity index is 622. The van der Waals surface area contributed by atoms with Crippen LogP contribution in [-0.4, -0.2) is 22.5 Å². The molecule has 0 bridgehead atoms. The predicted octanol–water partition coefficient (Wildman–Crippen LogP) is 2.76. The van der Waals surface area contributed by atoms with Gasteiger partial charge in [0.05, 0.1) is 28.3 Å². The van der Waals surface area contributed by atoms with Crippen LogP contribution in [0.15, 0.2) is 29.8 Å². The second kappa shape index (κ2) is 6.25. The van der Waals surface area contributed by atoms with E-state index in [-0.39, 0.29) is 12.3 Å². The molecule has 0 aliphatic carbocycles. The molecule has 0 spiro atoms. The molecule has 0 atom stereocenters. The van der Waals surface area contributed by atoms with Gasteiger partial charge in [0.2, 0.25) is 0 Å². The number of nitro benzene ring substituents is 1. The molecule has 7 heteroatoms. The molecule has 6 nitrogen and oxygen atoms in total. The number of carbonyl (C=O) groups is 1. The van der Waals surface area contributed by atoms with Crippen molar-refractivity contribution in [1.82, 2.24) is 4.98 Å². The van der Waals surface area contributed by atoms with E-state index in [1.54, 1.807) is 5.51 Å². The van der Waals surface area contributed by atoms with Crippen molar-refractivity contribution in [2.45, 2.75) is 13.3 Å². The van der Waals surface area contributed by atoms with E-state index >= 15 is 0 Å². The minimum Gasteiger partial charge on any atom is -0.462 e. The highest BCUT2D eigenvalue weighted by molar-refractivity contribution is 7.09. The number of nitro groups is 1. The summed E-state index contributed by atoms with van der Waals surface area (Å²) >= 11 is 1.52. The molecular weight excluding hydrogens is 280 g/mol. The molecule has 1 aromatic carbocycles. The number of aromatic nitrogens is 1. The fraction of sp³-hybridized carbons (Fsp3) is 0.231. The molecule has 0 fully saturated rings. The Kier molecular flexibility index (Phi) is 4.41. The lowest BCUT2D eigenvalue weighted by molar-refractivity contribution is -0.384. The average molecular weight is 292 g/mol. The number of carbonyl (C=O) groups excluding carboxylic acids is 1. The summed E-state index contributed by atoms with van der Waals surface area (Å²) in [6.07, 6.45) is 0.620. The van der Waals surface area contributed by atoms with Crippen LogP contribution in [0.25, 0.3) is 0 Å². The number of rotatable bonds is 5. The molecule has 20 heavy (non-hydrogen) atoms. The third-order valence-electron chi connectivity index (χ3n) is 2.72. The topological polar surface area (TPSA) is 82.3 Å². The number of non-ortho nitro benzene ring substituents is 1. The van der Waals surface area contributed by atoms with Crippen LogP contribution in [0.2, 0.25) is 0 Å². The number of nitrogens with zero attached hydrogens (tertiary/aromatic N) is 2. The first kappa shape index (κ1) is 14.1. The maximum atomic E-state index is 11.7. The summed E-state index contributed by atoms with van der Waals surface area (Å²) in [6.45, 7) is 2.17. The van der Waals surface area contributed by atoms with E-state index in [1.807, 2.05) is 6.92 Å².